The number of nitrogens with zero attached hydrogens (tertiary/aromatic N) is 1. The number of nitrogens with one attached hydrogen (secondary N) is 1. The summed E-state index contributed by atoms with van der Waals surface area (Å²) in [5.41, 5.74) is -1.87. The molecule has 0 radical (unpaired) electrons. The summed E-state index contributed by atoms with van der Waals surface area (Å²) in [6, 6.07) is 0.878. The summed E-state index contributed by atoms with van der Waals surface area (Å²) in [6.07, 6.45) is -4.03. The number of halogens is 3. The number of Topliss-reactive ketones (excluding diaryl/α,β-unsaturated/α-hetero) is 1. The van der Waals surface area contributed by atoms with Crippen LogP contribution in [-0.2, 0) is 4.74 Å². The molecule has 0 unspecified atom stereocenters. The van der Waals surface area contributed by atoms with E-state index in [9.17, 15) is 22.8 Å². The minimum absolute atomic E-state index is 0.357. The van der Waals surface area contributed by atoms with Crippen LogP contribution >= 0.6 is 0 Å². The topological polar surface area (TPSA) is 68.3 Å². The van der Waals surface area contributed by atoms with Crippen LogP contribution in [0.3, 0.4) is 0 Å². The fraction of sp³-hybridized carbons (Fsp3) is 0.417. The van der Waals surface area contributed by atoms with Crippen molar-refractivity contribution in [1.29, 1.82) is 0 Å². The van der Waals surface area contributed by atoms with Crippen molar-refractivity contribution in [2.24, 2.45) is 0 Å². The summed E-state index contributed by atoms with van der Waals surface area (Å²) in [6.45, 7) is 4.78. The maximum atomic E-state index is 12.4. The number of carbonyl (C=O) groups is 2. The van der Waals surface area contributed by atoms with Crippen LogP contribution in [0.15, 0.2) is 18.5 Å². The maximum Gasteiger partial charge on any atom is 0.454 e. The van der Waals surface area contributed by atoms with E-state index in [4.69, 9.17) is 4.74 Å². The molecule has 1 aromatic rings. The highest BCUT2D eigenvalue weighted by Crippen LogP contribution is 2.25. The van der Waals surface area contributed by atoms with Crippen molar-refractivity contribution in [2.75, 3.05) is 5.32 Å². The minimum Gasteiger partial charge on any atom is -0.444 e. The van der Waals surface area contributed by atoms with Gasteiger partial charge in [-0.1, -0.05) is 0 Å². The fourth-order valence-electron chi connectivity index (χ4n) is 1.26. The second-order valence-electron chi connectivity index (χ2n) is 4.88. The Kier molecular flexibility index (Phi) is 4.36. The van der Waals surface area contributed by atoms with Gasteiger partial charge in [-0.3, -0.25) is 15.1 Å². The maximum absolute atomic E-state index is 12.4. The Hall–Kier alpha value is -2.12. The summed E-state index contributed by atoms with van der Waals surface area (Å²) in [5.74, 6) is -2.06. The molecule has 0 saturated carbocycles. The van der Waals surface area contributed by atoms with Crippen LogP contribution in [0, 0.1) is 0 Å². The van der Waals surface area contributed by atoms with Gasteiger partial charge in [0.05, 0.1) is 17.4 Å². The van der Waals surface area contributed by atoms with Gasteiger partial charge in [-0.05, 0) is 26.8 Å². The third-order valence-electron chi connectivity index (χ3n) is 1.96. The van der Waals surface area contributed by atoms with Crippen LogP contribution in [0.5, 0.6) is 0 Å². The van der Waals surface area contributed by atoms with Gasteiger partial charge in [-0.25, -0.2) is 4.79 Å². The van der Waals surface area contributed by atoms with Gasteiger partial charge in [-0.15, -0.1) is 0 Å². The lowest BCUT2D eigenvalue weighted by Gasteiger charge is -2.20. The van der Waals surface area contributed by atoms with Crippen molar-refractivity contribution in [2.45, 2.75) is 32.5 Å². The number of ketones is 1. The quantitative estimate of drug-likeness (QED) is 0.849. The first-order valence-corrected chi connectivity index (χ1v) is 5.56. The van der Waals surface area contributed by atoms with E-state index in [1.165, 1.54) is 0 Å². The first kappa shape index (κ1) is 15.9. The first-order chi connectivity index (χ1) is 9.00. The van der Waals surface area contributed by atoms with Crippen LogP contribution in [0.2, 0.25) is 0 Å². The van der Waals surface area contributed by atoms with Gasteiger partial charge in [-0.2, -0.15) is 13.2 Å². The van der Waals surface area contributed by atoms with E-state index < -0.39 is 29.2 Å². The SMILES string of the molecule is CC(C)(C)OC(=O)Nc1cnccc1C(=O)C(F)(F)F. The highest BCUT2D eigenvalue weighted by Gasteiger charge is 2.40. The number of amides is 1. The summed E-state index contributed by atoms with van der Waals surface area (Å²) >= 11 is 0. The molecule has 0 aliphatic heterocycles. The summed E-state index contributed by atoms with van der Waals surface area (Å²) in [5, 5.41) is 2.08. The molecule has 1 N–H and O–H groups in total. The summed E-state index contributed by atoms with van der Waals surface area (Å²) in [7, 11) is 0. The molecular weight excluding hydrogens is 277 g/mol. The van der Waals surface area contributed by atoms with E-state index >= 15 is 0 Å². The number of pyridine rings is 1. The predicted molar refractivity (Wildman–Crippen MR) is 64.5 cm³/mol. The fourth-order valence-corrected chi connectivity index (χ4v) is 1.26. The number of ether oxygens (including phenoxy) is 1. The van der Waals surface area contributed by atoms with Crippen LogP contribution < -0.4 is 5.32 Å². The van der Waals surface area contributed by atoms with Gasteiger partial charge < -0.3 is 4.74 Å². The molecule has 20 heavy (non-hydrogen) atoms. The molecule has 0 bridgehead atoms. The van der Waals surface area contributed by atoms with Crippen molar-refractivity contribution in [3.8, 4) is 0 Å². The summed E-state index contributed by atoms with van der Waals surface area (Å²) in [4.78, 5) is 26.3. The monoisotopic (exact) mass is 290 g/mol. The van der Waals surface area contributed by atoms with E-state index in [0.29, 0.717) is 0 Å². The zero-order chi connectivity index (χ0) is 15.6. The third-order valence-corrected chi connectivity index (χ3v) is 1.96. The Bertz CT molecular complexity index is 521. The normalized spacial score (nSPS) is 11.9. The van der Waals surface area contributed by atoms with Crippen molar-refractivity contribution in [3.05, 3.63) is 24.0 Å². The van der Waals surface area contributed by atoms with Gasteiger partial charge >= 0.3 is 12.3 Å². The van der Waals surface area contributed by atoms with Crippen LogP contribution in [0.25, 0.3) is 0 Å². The lowest BCUT2D eigenvalue weighted by atomic mass is 10.1. The Morgan fingerprint density at radius 2 is 1.85 bits per heavy atom. The highest BCUT2D eigenvalue weighted by atomic mass is 19.4. The average Bonchev–Trinajstić information content (AvgIpc) is 2.24. The average molecular weight is 290 g/mol. The zero-order valence-corrected chi connectivity index (χ0v) is 11.0. The number of aromatic nitrogens is 1. The van der Waals surface area contributed by atoms with E-state index in [-0.39, 0.29) is 5.69 Å². The molecule has 0 saturated heterocycles. The Labute approximate surface area is 113 Å². The van der Waals surface area contributed by atoms with Crippen molar-refractivity contribution >= 4 is 17.6 Å². The summed E-state index contributed by atoms with van der Waals surface area (Å²) < 4.78 is 42.1. The van der Waals surface area contributed by atoms with Crippen LogP contribution in [-0.4, -0.2) is 28.6 Å². The lowest BCUT2D eigenvalue weighted by molar-refractivity contribution is -0.0884. The molecule has 0 fully saturated rings. The van der Waals surface area contributed by atoms with E-state index in [0.717, 1.165) is 18.5 Å². The first-order valence-electron chi connectivity index (χ1n) is 5.56. The van der Waals surface area contributed by atoms with E-state index in [1.807, 2.05) is 0 Å². The number of hydrogen-bond acceptors (Lipinski definition) is 4. The molecular formula is C12H13F3N2O3. The zero-order valence-electron chi connectivity index (χ0n) is 11.0. The molecule has 1 amide bonds. The number of hydrogen-bond donors (Lipinski definition) is 1. The highest BCUT2D eigenvalue weighted by molar-refractivity contribution is 6.06. The predicted octanol–water partition coefficient (Wildman–Crippen LogP) is 3.17. The molecule has 5 nitrogen and oxygen atoms in total. The minimum atomic E-state index is -5.04. The Morgan fingerprint density at radius 3 is 2.35 bits per heavy atom. The molecule has 0 aliphatic rings. The molecule has 0 aliphatic carbocycles. The molecule has 1 aromatic heterocycles. The Balaban J connectivity index is 2.98. The molecule has 8 heteroatoms. The molecule has 1 rings (SSSR count). The van der Waals surface area contributed by atoms with E-state index in [2.05, 4.69) is 10.3 Å². The largest absolute Gasteiger partial charge is 0.454 e. The molecule has 0 aromatic carbocycles. The number of carbonyl (C=O) groups excluding carboxylic acids is 2. The number of alkyl halides is 3. The standard InChI is InChI=1S/C12H13F3N2O3/c1-11(2,3)20-10(19)17-8-6-16-5-4-7(8)9(18)12(13,14)15/h4-6H,1-3H3,(H,17,19). The van der Waals surface area contributed by atoms with Crippen molar-refractivity contribution in [3.63, 3.8) is 0 Å². The number of rotatable bonds is 2. The number of anilines is 1. The molecule has 1 heterocycles. The van der Waals surface area contributed by atoms with Gasteiger partial charge in [0.15, 0.2) is 0 Å². The van der Waals surface area contributed by atoms with E-state index in [1.54, 1.807) is 20.8 Å². The van der Waals surface area contributed by atoms with Crippen LogP contribution in [0.1, 0.15) is 31.1 Å². The van der Waals surface area contributed by atoms with Gasteiger partial charge in [0.1, 0.15) is 5.60 Å². The second kappa shape index (κ2) is 5.48. The molecule has 110 valence electrons. The molecule has 0 spiro atoms. The van der Waals surface area contributed by atoms with Crippen molar-refractivity contribution in [1.82, 2.24) is 4.98 Å². The van der Waals surface area contributed by atoms with Crippen molar-refractivity contribution < 1.29 is 27.5 Å². The second-order valence-corrected chi connectivity index (χ2v) is 4.88. The van der Waals surface area contributed by atoms with Gasteiger partial charge in [0.25, 0.3) is 5.78 Å². The third kappa shape index (κ3) is 4.52. The van der Waals surface area contributed by atoms with Gasteiger partial charge in [0.2, 0.25) is 0 Å². The smallest absolute Gasteiger partial charge is 0.444 e. The Morgan fingerprint density at radius 1 is 1.25 bits per heavy atom. The van der Waals surface area contributed by atoms with Gasteiger partial charge in [0, 0.05) is 6.20 Å². The van der Waals surface area contributed by atoms with Crippen LogP contribution in [0.4, 0.5) is 23.7 Å². The molecule has 0 atom stereocenters. The lowest BCUT2D eigenvalue weighted by Crippen LogP contribution is -2.29.